The lowest BCUT2D eigenvalue weighted by Crippen LogP contribution is -2.29. The number of carbonyl (C=O) groups is 1. The van der Waals surface area contributed by atoms with Crippen LogP contribution in [0.2, 0.25) is 0 Å². The van der Waals surface area contributed by atoms with Crippen LogP contribution in [0.15, 0.2) is 36.9 Å². The largest absolute Gasteiger partial charge is 0.465 e. The van der Waals surface area contributed by atoms with Gasteiger partial charge in [0.1, 0.15) is 0 Å². The van der Waals surface area contributed by atoms with Crippen LogP contribution in [0.3, 0.4) is 0 Å². The highest BCUT2D eigenvalue weighted by Gasteiger charge is 2.22. The number of amides is 1. The van der Waals surface area contributed by atoms with E-state index in [4.69, 9.17) is 0 Å². The number of rotatable bonds is 9. The van der Waals surface area contributed by atoms with Crippen molar-refractivity contribution in [3.05, 3.63) is 42.5 Å². The van der Waals surface area contributed by atoms with Gasteiger partial charge in [-0.3, -0.25) is 4.90 Å². The Kier molecular flexibility index (Phi) is 8.03. The van der Waals surface area contributed by atoms with Crippen molar-refractivity contribution < 1.29 is 9.90 Å². The molecule has 1 fully saturated rings. The number of unbranched alkanes of at least 4 members (excludes halogenated alkanes) is 2. The van der Waals surface area contributed by atoms with Crippen molar-refractivity contribution in [1.82, 2.24) is 0 Å². The van der Waals surface area contributed by atoms with Crippen LogP contribution >= 0.6 is 0 Å². The smallest absolute Gasteiger partial charge is 0.411 e. The molecule has 0 bridgehead atoms. The molecule has 0 radical (unpaired) electrons. The first-order valence-electron chi connectivity index (χ1n) is 9.87. The molecule has 25 heavy (non-hydrogen) atoms. The lowest BCUT2D eigenvalue weighted by atomic mass is 9.77. The minimum absolute atomic E-state index is 0.547. The van der Waals surface area contributed by atoms with Crippen molar-refractivity contribution in [2.24, 2.45) is 5.92 Å². The van der Waals surface area contributed by atoms with Crippen LogP contribution in [-0.4, -0.2) is 17.7 Å². The van der Waals surface area contributed by atoms with Gasteiger partial charge >= 0.3 is 6.09 Å². The summed E-state index contributed by atoms with van der Waals surface area (Å²) in [5, 5.41) is 9.33. The summed E-state index contributed by atoms with van der Waals surface area (Å²) < 4.78 is 0. The highest BCUT2D eigenvalue weighted by molar-refractivity contribution is 5.85. The number of anilines is 1. The predicted octanol–water partition coefficient (Wildman–Crippen LogP) is 6.60. The maximum atomic E-state index is 11.4. The maximum Gasteiger partial charge on any atom is 0.411 e. The molecule has 1 aromatic carbocycles. The molecular weight excluding hydrogens is 310 g/mol. The van der Waals surface area contributed by atoms with Crippen LogP contribution in [0.4, 0.5) is 10.5 Å². The molecule has 0 spiro atoms. The summed E-state index contributed by atoms with van der Waals surface area (Å²) in [7, 11) is 0. The van der Waals surface area contributed by atoms with Crippen molar-refractivity contribution in [1.29, 1.82) is 0 Å². The van der Waals surface area contributed by atoms with Gasteiger partial charge in [-0.25, -0.2) is 4.79 Å². The summed E-state index contributed by atoms with van der Waals surface area (Å²) in [6.45, 7) is 6.34. The highest BCUT2D eigenvalue weighted by Crippen LogP contribution is 2.38. The molecule has 0 heterocycles. The maximum absolute atomic E-state index is 11.4. The standard InChI is InChI=1S/C22H33NO2/c1-3-5-6-7-8-18-9-11-19(12-10-18)20-13-15-21(16-14-20)23(17-4-2)22(24)25/h3,13-16,18-19H,1,4-12,17H2,2H3,(H,24,25)/t18-,19-. The van der Waals surface area contributed by atoms with Crippen LogP contribution in [0, 0.1) is 5.92 Å². The molecule has 1 aliphatic carbocycles. The zero-order valence-electron chi connectivity index (χ0n) is 15.6. The van der Waals surface area contributed by atoms with Gasteiger partial charge in [0.05, 0.1) is 0 Å². The molecule has 1 amide bonds. The van der Waals surface area contributed by atoms with Gasteiger partial charge < -0.3 is 5.11 Å². The summed E-state index contributed by atoms with van der Waals surface area (Å²) in [5.74, 6) is 1.54. The first-order chi connectivity index (χ1) is 12.2. The Labute approximate surface area is 152 Å². The first-order valence-corrected chi connectivity index (χ1v) is 9.87. The number of hydrogen-bond donors (Lipinski definition) is 1. The number of benzene rings is 1. The van der Waals surface area contributed by atoms with E-state index in [9.17, 15) is 9.90 Å². The van der Waals surface area contributed by atoms with E-state index in [1.54, 1.807) is 0 Å². The van der Waals surface area contributed by atoms with E-state index in [1.807, 2.05) is 25.1 Å². The fourth-order valence-corrected chi connectivity index (χ4v) is 3.99. The number of carboxylic acid groups (broad SMARTS) is 1. The van der Waals surface area contributed by atoms with Crippen molar-refractivity contribution in [3.8, 4) is 0 Å². The number of nitrogens with zero attached hydrogens (tertiary/aromatic N) is 1. The third-order valence-electron chi connectivity index (χ3n) is 5.47. The van der Waals surface area contributed by atoms with E-state index in [-0.39, 0.29) is 0 Å². The summed E-state index contributed by atoms with van der Waals surface area (Å²) in [6, 6.07) is 8.22. The van der Waals surface area contributed by atoms with Crippen LogP contribution in [0.25, 0.3) is 0 Å². The van der Waals surface area contributed by atoms with E-state index in [1.165, 1.54) is 55.4 Å². The highest BCUT2D eigenvalue weighted by atomic mass is 16.4. The molecule has 2 rings (SSSR count). The molecule has 0 aromatic heterocycles. The SMILES string of the molecule is C=CCCCC[C@H]1CC[C@H](c2ccc(N(CCC)C(=O)O)cc2)CC1. The van der Waals surface area contributed by atoms with E-state index >= 15 is 0 Å². The van der Waals surface area contributed by atoms with Crippen LogP contribution in [0.5, 0.6) is 0 Å². The van der Waals surface area contributed by atoms with E-state index in [2.05, 4.69) is 18.7 Å². The summed E-state index contributed by atoms with van der Waals surface area (Å²) in [6.07, 6.45) is 12.3. The van der Waals surface area contributed by atoms with Crippen LogP contribution in [0.1, 0.15) is 76.2 Å². The van der Waals surface area contributed by atoms with Crippen molar-refractivity contribution in [3.63, 3.8) is 0 Å². The van der Waals surface area contributed by atoms with Crippen molar-refractivity contribution >= 4 is 11.8 Å². The monoisotopic (exact) mass is 343 g/mol. The van der Waals surface area contributed by atoms with Gasteiger partial charge in [-0.1, -0.05) is 38.0 Å². The average molecular weight is 344 g/mol. The van der Waals surface area contributed by atoms with Gasteiger partial charge in [0.25, 0.3) is 0 Å². The van der Waals surface area contributed by atoms with Crippen molar-refractivity contribution in [2.75, 3.05) is 11.4 Å². The zero-order chi connectivity index (χ0) is 18.1. The minimum atomic E-state index is -0.869. The van der Waals surface area contributed by atoms with Gasteiger partial charge in [0, 0.05) is 12.2 Å². The van der Waals surface area contributed by atoms with Crippen molar-refractivity contribution in [2.45, 2.75) is 70.6 Å². The third kappa shape index (κ3) is 5.91. The summed E-state index contributed by atoms with van der Waals surface area (Å²) in [5.41, 5.74) is 2.16. The van der Waals surface area contributed by atoms with E-state index in [0.717, 1.165) is 24.4 Å². The second-order valence-corrected chi connectivity index (χ2v) is 7.32. The Balaban J connectivity index is 1.85. The molecule has 0 atom stereocenters. The lowest BCUT2D eigenvalue weighted by molar-refractivity contribution is 0.202. The zero-order valence-corrected chi connectivity index (χ0v) is 15.6. The van der Waals surface area contributed by atoms with Gasteiger partial charge in [-0.05, 0) is 74.5 Å². The normalized spacial score (nSPS) is 20.2. The second kappa shape index (κ2) is 10.3. The number of hydrogen-bond acceptors (Lipinski definition) is 1. The first kappa shape index (κ1) is 19.6. The number of allylic oxidation sites excluding steroid dienone is 1. The Morgan fingerprint density at radius 3 is 2.44 bits per heavy atom. The van der Waals surface area contributed by atoms with Gasteiger partial charge in [-0.15, -0.1) is 6.58 Å². The topological polar surface area (TPSA) is 40.5 Å². The molecule has 1 aromatic rings. The molecule has 1 saturated carbocycles. The molecule has 0 unspecified atom stereocenters. The quantitative estimate of drug-likeness (QED) is 0.405. The molecule has 0 aliphatic heterocycles. The molecule has 1 aliphatic rings. The molecule has 138 valence electrons. The fraction of sp³-hybridized carbons (Fsp3) is 0.591. The summed E-state index contributed by atoms with van der Waals surface area (Å²) in [4.78, 5) is 12.8. The fourth-order valence-electron chi connectivity index (χ4n) is 3.99. The Bertz CT molecular complexity index is 529. The minimum Gasteiger partial charge on any atom is -0.465 e. The molecule has 3 nitrogen and oxygen atoms in total. The predicted molar refractivity (Wildman–Crippen MR) is 105 cm³/mol. The van der Waals surface area contributed by atoms with E-state index in [0.29, 0.717) is 12.5 Å². The van der Waals surface area contributed by atoms with Gasteiger partial charge in [0.15, 0.2) is 0 Å². The lowest BCUT2D eigenvalue weighted by Gasteiger charge is -2.29. The Morgan fingerprint density at radius 2 is 1.88 bits per heavy atom. The molecule has 0 saturated heterocycles. The molecular formula is C22H33NO2. The summed E-state index contributed by atoms with van der Waals surface area (Å²) >= 11 is 0. The molecule has 1 N–H and O–H groups in total. The van der Waals surface area contributed by atoms with Crippen LogP contribution in [-0.2, 0) is 0 Å². The van der Waals surface area contributed by atoms with Gasteiger partial charge in [-0.2, -0.15) is 0 Å². The Hall–Kier alpha value is -1.77. The molecule has 3 heteroatoms. The van der Waals surface area contributed by atoms with Gasteiger partial charge in [0.2, 0.25) is 0 Å². The third-order valence-corrected chi connectivity index (χ3v) is 5.47. The second-order valence-electron chi connectivity index (χ2n) is 7.32. The van der Waals surface area contributed by atoms with E-state index < -0.39 is 6.09 Å². The Morgan fingerprint density at radius 1 is 1.20 bits per heavy atom. The van der Waals surface area contributed by atoms with Crippen LogP contribution < -0.4 is 4.90 Å². The average Bonchev–Trinajstić information content (AvgIpc) is 2.64.